The fourth-order valence-corrected chi connectivity index (χ4v) is 1.62. The normalized spacial score (nSPS) is 13.2. The molecule has 1 aromatic rings. The van der Waals surface area contributed by atoms with Gasteiger partial charge < -0.3 is 10.5 Å². The van der Waals surface area contributed by atoms with E-state index in [4.69, 9.17) is 5.73 Å². The lowest BCUT2D eigenvalue weighted by atomic mass is 9.97. The third kappa shape index (κ3) is 3.77. The average molecular weight is 229 g/mol. The molecule has 0 saturated carbocycles. The summed E-state index contributed by atoms with van der Waals surface area (Å²) in [6, 6.07) is 6.40. The third-order valence-corrected chi connectivity index (χ3v) is 2.26. The van der Waals surface area contributed by atoms with E-state index in [1.165, 1.54) is 6.07 Å². The Balaban J connectivity index is 2.85. The largest absolute Gasteiger partial charge is 0.434 e. The van der Waals surface area contributed by atoms with Crippen LogP contribution in [-0.2, 0) is 0 Å². The molecule has 0 heterocycles. The Bertz CT molecular complexity index is 329. The number of hydrogen-bond acceptors (Lipinski definition) is 2. The predicted octanol–water partition coefficient (Wildman–Crippen LogP) is 3.33. The van der Waals surface area contributed by atoms with Crippen LogP contribution in [0.2, 0.25) is 0 Å². The van der Waals surface area contributed by atoms with Gasteiger partial charge in [0.1, 0.15) is 5.75 Å². The fourth-order valence-electron chi connectivity index (χ4n) is 1.62. The molecule has 0 amide bonds. The molecule has 4 heteroatoms. The third-order valence-electron chi connectivity index (χ3n) is 2.26. The van der Waals surface area contributed by atoms with Crippen molar-refractivity contribution in [2.24, 2.45) is 11.7 Å². The first-order valence-electron chi connectivity index (χ1n) is 5.30. The van der Waals surface area contributed by atoms with Gasteiger partial charge in [0.25, 0.3) is 0 Å². The van der Waals surface area contributed by atoms with Gasteiger partial charge in [0.15, 0.2) is 0 Å². The van der Waals surface area contributed by atoms with Crippen LogP contribution in [0.1, 0.15) is 31.9 Å². The van der Waals surface area contributed by atoms with Crippen LogP contribution in [0.3, 0.4) is 0 Å². The van der Waals surface area contributed by atoms with E-state index < -0.39 is 6.61 Å². The second-order valence-electron chi connectivity index (χ2n) is 4.15. The van der Waals surface area contributed by atoms with Gasteiger partial charge in [0.05, 0.1) is 0 Å². The van der Waals surface area contributed by atoms with Crippen molar-refractivity contribution in [2.45, 2.75) is 32.9 Å². The van der Waals surface area contributed by atoms with Crippen LogP contribution < -0.4 is 10.5 Å². The minimum atomic E-state index is -2.81. The van der Waals surface area contributed by atoms with E-state index in [0.29, 0.717) is 11.5 Å². The lowest BCUT2D eigenvalue weighted by molar-refractivity contribution is -0.0506. The highest BCUT2D eigenvalue weighted by Gasteiger charge is 2.15. The fraction of sp³-hybridized carbons (Fsp3) is 0.500. The minimum Gasteiger partial charge on any atom is -0.434 e. The SMILES string of the molecule is CC(C)CC(N)c1ccccc1OC(F)F. The monoisotopic (exact) mass is 229 g/mol. The van der Waals surface area contributed by atoms with Gasteiger partial charge in [0.2, 0.25) is 0 Å². The summed E-state index contributed by atoms with van der Waals surface area (Å²) < 4.78 is 28.8. The van der Waals surface area contributed by atoms with Crippen LogP contribution in [0.4, 0.5) is 8.78 Å². The van der Waals surface area contributed by atoms with Crippen LogP contribution >= 0.6 is 0 Å². The summed E-state index contributed by atoms with van der Waals surface area (Å²) in [6.07, 6.45) is 0.740. The molecule has 16 heavy (non-hydrogen) atoms. The summed E-state index contributed by atoms with van der Waals surface area (Å²) in [5.41, 5.74) is 6.58. The van der Waals surface area contributed by atoms with E-state index in [1.807, 2.05) is 13.8 Å². The van der Waals surface area contributed by atoms with Crippen molar-refractivity contribution in [2.75, 3.05) is 0 Å². The molecule has 0 aliphatic rings. The Kier molecular flexibility index (Phi) is 4.68. The van der Waals surface area contributed by atoms with Crippen LogP contribution in [0.15, 0.2) is 24.3 Å². The van der Waals surface area contributed by atoms with Gasteiger partial charge in [-0.25, -0.2) is 0 Å². The summed E-state index contributed by atoms with van der Waals surface area (Å²) in [5, 5.41) is 0. The van der Waals surface area contributed by atoms with E-state index in [9.17, 15) is 8.78 Å². The molecule has 1 rings (SSSR count). The van der Waals surface area contributed by atoms with Crippen molar-refractivity contribution in [3.8, 4) is 5.75 Å². The highest BCUT2D eigenvalue weighted by atomic mass is 19.3. The highest BCUT2D eigenvalue weighted by molar-refractivity contribution is 5.35. The second kappa shape index (κ2) is 5.80. The molecular formula is C12H17F2NO. The molecule has 90 valence electrons. The van der Waals surface area contributed by atoms with Gasteiger partial charge in [-0.1, -0.05) is 32.0 Å². The summed E-state index contributed by atoms with van der Waals surface area (Å²) >= 11 is 0. The zero-order valence-corrected chi connectivity index (χ0v) is 9.49. The molecule has 0 aliphatic heterocycles. The maximum Gasteiger partial charge on any atom is 0.387 e. The van der Waals surface area contributed by atoms with Crippen molar-refractivity contribution in [3.63, 3.8) is 0 Å². The van der Waals surface area contributed by atoms with Crippen LogP contribution in [0.5, 0.6) is 5.75 Å². The molecule has 0 radical (unpaired) electrons. The molecule has 0 saturated heterocycles. The Hall–Kier alpha value is -1.16. The summed E-state index contributed by atoms with van der Waals surface area (Å²) in [6.45, 7) is 1.26. The smallest absolute Gasteiger partial charge is 0.387 e. The number of rotatable bonds is 5. The molecule has 1 atom stereocenters. The lowest BCUT2D eigenvalue weighted by Gasteiger charge is -2.18. The molecule has 0 spiro atoms. The Morgan fingerprint density at radius 3 is 2.44 bits per heavy atom. The summed E-state index contributed by atoms with van der Waals surface area (Å²) in [7, 11) is 0. The van der Waals surface area contributed by atoms with Crippen LogP contribution in [0, 0.1) is 5.92 Å². The first-order chi connectivity index (χ1) is 7.50. The molecule has 0 fully saturated rings. The summed E-state index contributed by atoms with van der Waals surface area (Å²) in [4.78, 5) is 0. The molecule has 2 N–H and O–H groups in total. The van der Waals surface area contributed by atoms with E-state index in [1.54, 1.807) is 18.2 Å². The van der Waals surface area contributed by atoms with Gasteiger partial charge in [-0.3, -0.25) is 0 Å². The zero-order valence-electron chi connectivity index (χ0n) is 9.49. The molecule has 1 aromatic carbocycles. The number of para-hydroxylation sites is 1. The molecule has 1 unspecified atom stereocenters. The molecule has 0 bridgehead atoms. The predicted molar refractivity (Wildman–Crippen MR) is 59.5 cm³/mol. The number of ether oxygens (including phenoxy) is 1. The Morgan fingerprint density at radius 1 is 1.25 bits per heavy atom. The number of hydrogen-bond donors (Lipinski definition) is 1. The van der Waals surface area contributed by atoms with Crippen LogP contribution in [-0.4, -0.2) is 6.61 Å². The van der Waals surface area contributed by atoms with Gasteiger partial charge in [-0.15, -0.1) is 0 Å². The zero-order chi connectivity index (χ0) is 12.1. The quantitative estimate of drug-likeness (QED) is 0.840. The summed E-state index contributed by atoms with van der Waals surface area (Å²) in [5.74, 6) is 0.584. The molecule has 0 aliphatic carbocycles. The first-order valence-corrected chi connectivity index (χ1v) is 5.30. The van der Waals surface area contributed by atoms with E-state index in [-0.39, 0.29) is 11.8 Å². The van der Waals surface area contributed by atoms with Crippen molar-refractivity contribution in [3.05, 3.63) is 29.8 Å². The van der Waals surface area contributed by atoms with Crippen molar-refractivity contribution >= 4 is 0 Å². The lowest BCUT2D eigenvalue weighted by Crippen LogP contribution is -2.15. The second-order valence-corrected chi connectivity index (χ2v) is 4.15. The molecule has 0 aromatic heterocycles. The van der Waals surface area contributed by atoms with Crippen LogP contribution in [0.25, 0.3) is 0 Å². The van der Waals surface area contributed by atoms with E-state index in [0.717, 1.165) is 6.42 Å². The van der Waals surface area contributed by atoms with Crippen molar-refractivity contribution in [1.82, 2.24) is 0 Å². The Labute approximate surface area is 94.4 Å². The van der Waals surface area contributed by atoms with Crippen molar-refractivity contribution < 1.29 is 13.5 Å². The van der Waals surface area contributed by atoms with Gasteiger partial charge in [-0.05, 0) is 18.4 Å². The van der Waals surface area contributed by atoms with Crippen molar-refractivity contribution in [1.29, 1.82) is 0 Å². The van der Waals surface area contributed by atoms with Gasteiger partial charge in [-0.2, -0.15) is 8.78 Å². The van der Waals surface area contributed by atoms with Gasteiger partial charge in [0, 0.05) is 11.6 Å². The standard InChI is InChI=1S/C12H17F2NO/c1-8(2)7-10(15)9-5-3-4-6-11(9)16-12(13)14/h3-6,8,10,12H,7,15H2,1-2H3. The van der Waals surface area contributed by atoms with E-state index >= 15 is 0 Å². The Morgan fingerprint density at radius 2 is 1.88 bits per heavy atom. The topological polar surface area (TPSA) is 35.2 Å². The number of alkyl halides is 2. The maximum atomic E-state index is 12.2. The number of nitrogens with two attached hydrogens (primary N) is 1. The molecule has 2 nitrogen and oxygen atoms in total. The van der Waals surface area contributed by atoms with E-state index in [2.05, 4.69) is 4.74 Å². The highest BCUT2D eigenvalue weighted by Crippen LogP contribution is 2.28. The minimum absolute atomic E-state index is 0.172. The maximum absolute atomic E-state index is 12.2. The molecular weight excluding hydrogens is 212 g/mol. The first kappa shape index (κ1) is 12.9. The van der Waals surface area contributed by atoms with Gasteiger partial charge >= 0.3 is 6.61 Å². The number of benzene rings is 1. The average Bonchev–Trinajstić information content (AvgIpc) is 2.16. The number of halogens is 2.